The summed E-state index contributed by atoms with van der Waals surface area (Å²) in [6, 6.07) is 6.36. The number of hydrogen-bond acceptors (Lipinski definition) is 2. The number of rotatable bonds is 2. The topological polar surface area (TPSA) is 23.8 Å². The molecule has 1 aromatic rings. The third kappa shape index (κ3) is 1.44. The molecule has 0 N–H and O–H groups in total. The first-order chi connectivity index (χ1) is 5.23. The van der Waals surface area contributed by atoms with Gasteiger partial charge in [0, 0.05) is 4.88 Å². The van der Waals surface area contributed by atoms with Gasteiger partial charge >= 0.3 is 0 Å². The molecule has 0 aromatic carbocycles. The lowest BCUT2D eigenvalue weighted by Crippen LogP contribution is -2.15. The molecule has 1 heterocycles. The highest BCUT2D eigenvalue weighted by Crippen LogP contribution is 2.29. The van der Waals surface area contributed by atoms with E-state index in [0.29, 0.717) is 0 Å². The van der Waals surface area contributed by atoms with Gasteiger partial charge in [0.15, 0.2) is 0 Å². The number of nitriles is 1. The first-order valence-electron chi connectivity index (χ1n) is 3.68. The van der Waals surface area contributed by atoms with E-state index in [4.69, 9.17) is 5.26 Å². The van der Waals surface area contributed by atoms with Gasteiger partial charge in [0.1, 0.15) is 0 Å². The lowest BCUT2D eigenvalue weighted by molar-refractivity contribution is 0.599. The van der Waals surface area contributed by atoms with Gasteiger partial charge in [0.25, 0.3) is 0 Å². The molecule has 1 nitrogen and oxygen atoms in total. The van der Waals surface area contributed by atoms with Gasteiger partial charge < -0.3 is 0 Å². The fourth-order valence-electron chi connectivity index (χ4n) is 0.901. The minimum atomic E-state index is -0.270. The quantitative estimate of drug-likeness (QED) is 0.661. The van der Waals surface area contributed by atoms with Crippen molar-refractivity contribution in [1.29, 1.82) is 5.26 Å². The summed E-state index contributed by atoms with van der Waals surface area (Å²) in [6.07, 6.45) is 0.879. The SMILES string of the molecule is CCC(C)(C#N)c1cccs1. The van der Waals surface area contributed by atoms with Crippen LogP contribution in [0.25, 0.3) is 0 Å². The second kappa shape index (κ2) is 3.06. The maximum atomic E-state index is 8.91. The summed E-state index contributed by atoms with van der Waals surface area (Å²) in [6.45, 7) is 4.03. The van der Waals surface area contributed by atoms with E-state index in [1.807, 2.05) is 31.4 Å². The second-order valence-electron chi connectivity index (χ2n) is 2.77. The Labute approximate surface area is 71.3 Å². The van der Waals surface area contributed by atoms with E-state index >= 15 is 0 Å². The van der Waals surface area contributed by atoms with Crippen LogP contribution in [0.2, 0.25) is 0 Å². The van der Waals surface area contributed by atoms with Gasteiger partial charge in [-0.3, -0.25) is 0 Å². The molecule has 0 aliphatic carbocycles. The molecule has 58 valence electrons. The molecule has 0 spiro atoms. The Bertz CT molecular complexity index is 258. The Morgan fingerprint density at radius 1 is 1.73 bits per heavy atom. The molecule has 1 atom stereocenters. The molecule has 2 heteroatoms. The van der Waals surface area contributed by atoms with Crippen LogP contribution in [-0.4, -0.2) is 0 Å². The lowest BCUT2D eigenvalue weighted by atomic mass is 9.88. The fourth-order valence-corrected chi connectivity index (χ4v) is 1.81. The van der Waals surface area contributed by atoms with Crippen molar-refractivity contribution in [2.45, 2.75) is 25.7 Å². The van der Waals surface area contributed by atoms with E-state index in [9.17, 15) is 0 Å². The van der Waals surface area contributed by atoms with Crippen molar-refractivity contribution < 1.29 is 0 Å². The molecule has 0 fully saturated rings. The first-order valence-corrected chi connectivity index (χ1v) is 4.56. The van der Waals surface area contributed by atoms with E-state index in [2.05, 4.69) is 6.07 Å². The van der Waals surface area contributed by atoms with Crippen LogP contribution in [-0.2, 0) is 5.41 Å². The zero-order valence-electron chi connectivity index (χ0n) is 6.79. The maximum absolute atomic E-state index is 8.91. The summed E-state index contributed by atoms with van der Waals surface area (Å²) in [7, 11) is 0. The summed E-state index contributed by atoms with van der Waals surface area (Å²) in [5.74, 6) is 0. The molecular formula is C9H11NS. The summed E-state index contributed by atoms with van der Waals surface area (Å²) < 4.78 is 0. The molecule has 0 amide bonds. The molecule has 11 heavy (non-hydrogen) atoms. The smallest absolute Gasteiger partial charge is 0.0884 e. The molecule has 0 radical (unpaired) electrons. The lowest BCUT2D eigenvalue weighted by Gasteiger charge is -2.16. The number of thiophene rings is 1. The van der Waals surface area contributed by atoms with Crippen LogP contribution in [0.15, 0.2) is 17.5 Å². The van der Waals surface area contributed by atoms with Gasteiger partial charge in [-0.05, 0) is 24.8 Å². The second-order valence-corrected chi connectivity index (χ2v) is 3.72. The van der Waals surface area contributed by atoms with Crippen molar-refractivity contribution in [1.82, 2.24) is 0 Å². The van der Waals surface area contributed by atoms with Crippen LogP contribution in [0.5, 0.6) is 0 Å². The van der Waals surface area contributed by atoms with E-state index in [1.165, 1.54) is 4.88 Å². The predicted molar refractivity (Wildman–Crippen MR) is 47.6 cm³/mol. The third-order valence-electron chi connectivity index (χ3n) is 2.02. The van der Waals surface area contributed by atoms with E-state index in [-0.39, 0.29) is 5.41 Å². The Morgan fingerprint density at radius 2 is 2.45 bits per heavy atom. The van der Waals surface area contributed by atoms with Crippen LogP contribution < -0.4 is 0 Å². The van der Waals surface area contributed by atoms with Crippen molar-refractivity contribution in [2.24, 2.45) is 0 Å². The van der Waals surface area contributed by atoms with Gasteiger partial charge in [0.05, 0.1) is 11.5 Å². The summed E-state index contributed by atoms with van der Waals surface area (Å²) in [4.78, 5) is 1.17. The normalized spacial score (nSPS) is 15.4. The van der Waals surface area contributed by atoms with Crippen molar-refractivity contribution in [2.75, 3.05) is 0 Å². The summed E-state index contributed by atoms with van der Waals surface area (Å²) in [5.41, 5.74) is -0.270. The zero-order valence-corrected chi connectivity index (χ0v) is 7.61. The zero-order chi connectivity index (χ0) is 8.32. The molecule has 1 rings (SSSR count). The standard InChI is InChI=1S/C9H11NS/c1-3-9(2,7-10)8-5-4-6-11-8/h4-6H,3H2,1-2H3. The van der Waals surface area contributed by atoms with Crippen LogP contribution in [0.1, 0.15) is 25.1 Å². The first kappa shape index (κ1) is 8.29. The van der Waals surface area contributed by atoms with E-state index < -0.39 is 0 Å². The molecule has 1 unspecified atom stereocenters. The molecule has 1 aromatic heterocycles. The maximum Gasteiger partial charge on any atom is 0.0884 e. The highest BCUT2D eigenvalue weighted by molar-refractivity contribution is 7.10. The van der Waals surface area contributed by atoms with Crippen molar-refractivity contribution in [3.8, 4) is 6.07 Å². The molecule has 0 aliphatic heterocycles. The summed E-state index contributed by atoms with van der Waals surface area (Å²) >= 11 is 1.66. The van der Waals surface area contributed by atoms with Gasteiger partial charge in [-0.15, -0.1) is 11.3 Å². The van der Waals surface area contributed by atoms with Crippen LogP contribution >= 0.6 is 11.3 Å². The highest BCUT2D eigenvalue weighted by atomic mass is 32.1. The molecule has 0 saturated carbocycles. The Kier molecular flexibility index (Phi) is 2.31. The molecular weight excluding hydrogens is 154 g/mol. The van der Waals surface area contributed by atoms with Crippen molar-refractivity contribution in [3.63, 3.8) is 0 Å². The van der Waals surface area contributed by atoms with Crippen molar-refractivity contribution in [3.05, 3.63) is 22.4 Å². The average Bonchev–Trinajstić information content (AvgIpc) is 2.55. The Hall–Kier alpha value is -0.810. The Morgan fingerprint density at radius 3 is 2.82 bits per heavy atom. The van der Waals surface area contributed by atoms with Crippen molar-refractivity contribution >= 4 is 11.3 Å². The average molecular weight is 165 g/mol. The monoisotopic (exact) mass is 165 g/mol. The van der Waals surface area contributed by atoms with Gasteiger partial charge in [-0.2, -0.15) is 5.26 Å². The van der Waals surface area contributed by atoms with E-state index in [0.717, 1.165) is 6.42 Å². The fraction of sp³-hybridized carbons (Fsp3) is 0.444. The molecule has 0 saturated heterocycles. The van der Waals surface area contributed by atoms with Gasteiger partial charge in [-0.25, -0.2) is 0 Å². The molecule has 0 bridgehead atoms. The summed E-state index contributed by atoms with van der Waals surface area (Å²) in [5, 5.41) is 10.9. The van der Waals surface area contributed by atoms with Crippen LogP contribution in [0, 0.1) is 11.3 Å². The largest absolute Gasteiger partial charge is 0.197 e. The molecule has 0 aliphatic rings. The minimum absolute atomic E-state index is 0.270. The number of hydrogen-bond donors (Lipinski definition) is 0. The minimum Gasteiger partial charge on any atom is -0.197 e. The van der Waals surface area contributed by atoms with Gasteiger partial charge in [-0.1, -0.05) is 13.0 Å². The third-order valence-corrected chi connectivity index (χ3v) is 3.15. The predicted octanol–water partition coefficient (Wildman–Crippen LogP) is 2.94. The highest BCUT2D eigenvalue weighted by Gasteiger charge is 2.24. The van der Waals surface area contributed by atoms with Gasteiger partial charge in [0.2, 0.25) is 0 Å². The number of nitrogens with zero attached hydrogens (tertiary/aromatic N) is 1. The van der Waals surface area contributed by atoms with Crippen LogP contribution in [0.4, 0.5) is 0 Å². The van der Waals surface area contributed by atoms with E-state index in [1.54, 1.807) is 11.3 Å². The Balaban J connectivity index is 2.99. The van der Waals surface area contributed by atoms with Crippen LogP contribution in [0.3, 0.4) is 0 Å².